The number of halogens is 3. The first-order chi connectivity index (χ1) is 12.4. The van der Waals surface area contributed by atoms with Crippen LogP contribution in [0.5, 0.6) is 11.5 Å². The molecule has 0 atom stereocenters. The minimum atomic E-state index is -0.546. The van der Waals surface area contributed by atoms with Crippen LogP contribution >= 0.6 is 40.2 Å². The number of carbonyl (C=O) groups is 2. The monoisotopic (exact) mass is 477 g/mol. The van der Waals surface area contributed by atoms with Gasteiger partial charge in [0.25, 0.3) is 0 Å². The Morgan fingerprint density at radius 1 is 1.15 bits per heavy atom. The molecule has 0 aliphatic heterocycles. The van der Waals surface area contributed by atoms with Gasteiger partial charge < -0.3 is 20.3 Å². The van der Waals surface area contributed by atoms with Crippen LogP contribution in [-0.4, -0.2) is 30.1 Å². The van der Waals surface area contributed by atoms with E-state index in [1.165, 1.54) is 18.2 Å². The molecule has 0 fully saturated rings. The molecule has 2 rings (SSSR count). The van der Waals surface area contributed by atoms with E-state index < -0.39 is 11.8 Å². The van der Waals surface area contributed by atoms with E-state index in [0.29, 0.717) is 5.56 Å². The highest BCUT2D eigenvalue weighted by Crippen LogP contribution is 2.36. The van der Waals surface area contributed by atoms with Crippen molar-refractivity contribution in [2.45, 2.75) is 13.5 Å². The maximum absolute atomic E-state index is 12.6. The SMILES string of the molecule is Br.CCOC(=O)COc1ccc(C(=O)c2ccc(CN)c(O)c2)c(Cl)c1Cl. The zero-order chi connectivity index (χ0) is 19.3. The topological polar surface area (TPSA) is 98.9 Å². The summed E-state index contributed by atoms with van der Waals surface area (Å²) in [6.07, 6.45) is 0. The highest BCUT2D eigenvalue weighted by molar-refractivity contribution is 8.93. The lowest BCUT2D eigenvalue weighted by Gasteiger charge is -2.12. The highest BCUT2D eigenvalue weighted by atomic mass is 79.9. The van der Waals surface area contributed by atoms with Crippen LogP contribution in [0, 0.1) is 0 Å². The first-order valence-electron chi connectivity index (χ1n) is 7.72. The van der Waals surface area contributed by atoms with Crippen molar-refractivity contribution in [1.29, 1.82) is 0 Å². The average molecular weight is 479 g/mol. The van der Waals surface area contributed by atoms with Crippen molar-refractivity contribution in [3.05, 3.63) is 57.1 Å². The number of nitrogens with two attached hydrogens (primary N) is 1. The first-order valence-corrected chi connectivity index (χ1v) is 8.47. The molecular formula is C18H18BrCl2NO5. The van der Waals surface area contributed by atoms with E-state index in [-0.39, 0.29) is 69.4 Å². The number of phenols is 1. The molecule has 0 bridgehead atoms. The number of phenolic OH excluding ortho intramolecular Hbond substituents is 1. The van der Waals surface area contributed by atoms with E-state index in [0.717, 1.165) is 0 Å². The lowest BCUT2D eigenvalue weighted by molar-refractivity contribution is -0.145. The number of ketones is 1. The molecule has 2 aromatic carbocycles. The number of aromatic hydroxyl groups is 1. The molecule has 3 N–H and O–H groups in total. The van der Waals surface area contributed by atoms with E-state index in [4.69, 9.17) is 38.4 Å². The second-order valence-electron chi connectivity index (χ2n) is 5.21. The number of benzene rings is 2. The fourth-order valence-electron chi connectivity index (χ4n) is 2.19. The summed E-state index contributed by atoms with van der Waals surface area (Å²) in [5, 5.41) is 9.86. The number of ether oxygens (including phenoxy) is 2. The van der Waals surface area contributed by atoms with Gasteiger partial charge in [-0.1, -0.05) is 35.3 Å². The van der Waals surface area contributed by atoms with Gasteiger partial charge in [0.15, 0.2) is 12.4 Å². The molecule has 27 heavy (non-hydrogen) atoms. The molecule has 0 unspecified atom stereocenters. The van der Waals surface area contributed by atoms with Gasteiger partial charge in [-0.05, 0) is 25.1 Å². The number of hydrogen-bond acceptors (Lipinski definition) is 6. The molecule has 146 valence electrons. The fraction of sp³-hybridized carbons (Fsp3) is 0.222. The number of hydrogen-bond donors (Lipinski definition) is 2. The number of carbonyl (C=O) groups excluding carboxylic acids is 2. The Kier molecular flexibility index (Phi) is 9.05. The lowest BCUT2D eigenvalue weighted by Crippen LogP contribution is -2.15. The molecule has 0 amide bonds. The minimum absolute atomic E-state index is 0. The molecule has 6 nitrogen and oxygen atoms in total. The van der Waals surface area contributed by atoms with Crippen molar-refractivity contribution in [3.8, 4) is 11.5 Å². The Hall–Kier alpha value is -1.80. The van der Waals surface area contributed by atoms with Crippen LogP contribution < -0.4 is 10.5 Å². The van der Waals surface area contributed by atoms with Gasteiger partial charge in [-0.15, -0.1) is 17.0 Å². The molecule has 0 saturated heterocycles. The van der Waals surface area contributed by atoms with Crippen molar-refractivity contribution >= 4 is 51.9 Å². The number of esters is 1. The molecular weight excluding hydrogens is 461 g/mol. The summed E-state index contributed by atoms with van der Waals surface area (Å²) in [6.45, 7) is 1.74. The first kappa shape index (κ1) is 23.2. The predicted octanol–water partition coefficient (Wildman–Crippen LogP) is 3.91. The molecule has 9 heteroatoms. The molecule has 0 aliphatic rings. The Bertz CT molecular complexity index is 845. The highest BCUT2D eigenvalue weighted by Gasteiger charge is 2.19. The van der Waals surface area contributed by atoms with Crippen LogP contribution in [0.3, 0.4) is 0 Å². The standard InChI is InChI=1S/C18H17Cl2NO5.BrH/c1-2-25-15(23)9-26-14-6-5-12(16(19)17(14)20)18(24)10-3-4-11(8-21)13(22)7-10;/h3-7,22H,2,8-9,21H2,1H3;1H. The Balaban J connectivity index is 0.00000364. The summed E-state index contributed by atoms with van der Waals surface area (Å²) in [6, 6.07) is 7.30. The molecule has 0 saturated carbocycles. The van der Waals surface area contributed by atoms with Crippen molar-refractivity contribution in [2.75, 3.05) is 13.2 Å². The van der Waals surface area contributed by atoms with Crippen LogP contribution in [0.15, 0.2) is 30.3 Å². The van der Waals surface area contributed by atoms with Gasteiger partial charge in [-0.3, -0.25) is 4.79 Å². The third kappa shape index (κ3) is 5.59. The average Bonchev–Trinajstić information content (AvgIpc) is 2.62. The summed E-state index contributed by atoms with van der Waals surface area (Å²) in [7, 11) is 0. The van der Waals surface area contributed by atoms with Gasteiger partial charge in [-0.25, -0.2) is 4.79 Å². The largest absolute Gasteiger partial charge is 0.508 e. The van der Waals surface area contributed by atoms with Gasteiger partial charge in [0, 0.05) is 23.2 Å². The molecule has 0 heterocycles. The quantitative estimate of drug-likeness (QED) is 0.462. The molecule has 0 spiro atoms. The third-order valence-electron chi connectivity index (χ3n) is 3.51. The van der Waals surface area contributed by atoms with Crippen molar-refractivity contribution < 1.29 is 24.2 Å². The van der Waals surface area contributed by atoms with E-state index in [1.807, 2.05) is 0 Å². The molecule has 0 aromatic heterocycles. The van der Waals surface area contributed by atoms with Crippen LogP contribution in [0.25, 0.3) is 0 Å². The van der Waals surface area contributed by atoms with E-state index in [9.17, 15) is 14.7 Å². The number of rotatable bonds is 7. The molecule has 0 aliphatic carbocycles. The summed E-state index contributed by atoms with van der Waals surface area (Å²) in [5.74, 6) is -0.888. The van der Waals surface area contributed by atoms with Gasteiger partial charge in [0.2, 0.25) is 0 Å². The van der Waals surface area contributed by atoms with Crippen LogP contribution in [-0.2, 0) is 16.1 Å². The zero-order valence-electron chi connectivity index (χ0n) is 14.3. The van der Waals surface area contributed by atoms with Gasteiger partial charge in [0.1, 0.15) is 16.5 Å². The van der Waals surface area contributed by atoms with Crippen molar-refractivity contribution in [3.63, 3.8) is 0 Å². The maximum atomic E-state index is 12.6. The van der Waals surface area contributed by atoms with Crippen molar-refractivity contribution in [1.82, 2.24) is 0 Å². The second kappa shape index (κ2) is 10.5. The van der Waals surface area contributed by atoms with Crippen LogP contribution in [0.1, 0.15) is 28.4 Å². The van der Waals surface area contributed by atoms with Crippen molar-refractivity contribution in [2.24, 2.45) is 5.73 Å². The van der Waals surface area contributed by atoms with Gasteiger partial charge in [-0.2, -0.15) is 0 Å². The van der Waals surface area contributed by atoms with Gasteiger partial charge in [0.05, 0.1) is 11.6 Å². The lowest BCUT2D eigenvalue weighted by atomic mass is 10.0. The zero-order valence-corrected chi connectivity index (χ0v) is 17.6. The molecule has 0 radical (unpaired) electrons. The fourth-order valence-corrected chi connectivity index (χ4v) is 2.65. The van der Waals surface area contributed by atoms with E-state index >= 15 is 0 Å². The minimum Gasteiger partial charge on any atom is -0.508 e. The van der Waals surface area contributed by atoms with Gasteiger partial charge >= 0.3 is 5.97 Å². The Morgan fingerprint density at radius 2 is 1.85 bits per heavy atom. The smallest absolute Gasteiger partial charge is 0.344 e. The summed E-state index contributed by atoms with van der Waals surface area (Å²) in [5.41, 5.74) is 6.38. The second-order valence-corrected chi connectivity index (χ2v) is 5.97. The molecule has 2 aromatic rings. The Morgan fingerprint density at radius 3 is 2.44 bits per heavy atom. The van der Waals surface area contributed by atoms with E-state index in [2.05, 4.69) is 0 Å². The maximum Gasteiger partial charge on any atom is 0.344 e. The third-order valence-corrected chi connectivity index (χ3v) is 4.37. The summed E-state index contributed by atoms with van der Waals surface area (Å²) in [4.78, 5) is 24.0. The van der Waals surface area contributed by atoms with Crippen LogP contribution in [0.4, 0.5) is 0 Å². The summed E-state index contributed by atoms with van der Waals surface area (Å²) >= 11 is 12.3. The Labute approximate surface area is 176 Å². The van der Waals surface area contributed by atoms with Crippen LogP contribution in [0.2, 0.25) is 10.0 Å². The predicted molar refractivity (Wildman–Crippen MR) is 108 cm³/mol. The van der Waals surface area contributed by atoms with E-state index in [1.54, 1.807) is 19.1 Å². The summed E-state index contributed by atoms with van der Waals surface area (Å²) < 4.78 is 10.0. The normalized spacial score (nSPS) is 10.1.